The van der Waals surface area contributed by atoms with E-state index in [0.717, 1.165) is 25.1 Å². The minimum absolute atomic E-state index is 0.0373. The molecule has 0 amide bonds. The molecule has 1 aromatic heterocycles. The summed E-state index contributed by atoms with van der Waals surface area (Å²) >= 11 is 0. The number of ether oxygens (including phenoxy) is 1. The summed E-state index contributed by atoms with van der Waals surface area (Å²) < 4.78 is 46.9. The molecule has 2 saturated heterocycles. The minimum Gasteiger partial charge on any atom is -0.489 e. The highest BCUT2D eigenvalue weighted by atomic mass is 19.3. The summed E-state index contributed by atoms with van der Waals surface area (Å²) in [6.07, 6.45) is 1.75. The first kappa shape index (κ1) is 19.0. The van der Waals surface area contributed by atoms with Crippen molar-refractivity contribution in [2.45, 2.75) is 24.9 Å². The summed E-state index contributed by atoms with van der Waals surface area (Å²) in [6.45, 7) is 0.516. The van der Waals surface area contributed by atoms with Crippen molar-refractivity contribution >= 4 is 22.7 Å². The number of anilines is 2. The summed E-state index contributed by atoms with van der Waals surface area (Å²) in [6, 6.07) is 13.8. The number of piperidine rings is 1. The summed E-state index contributed by atoms with van der Waals surface area (Å²) in [4.78, 5) is 12.7. The number of alkyl halides is 2. The van der Waals surface area contributed by atoms with Crippen LogP contribution in [0.25, 0.3) is 10.9 Å². The smallest absolute Gasteiger partial charge is 0.282 e. The zero-order valence-corrected chi connectivity index (χ0v) is 16.3. The Bertz CT molecular complexity index is 1050. The molecule has 2 aliphatic heterocycles. The Morgan fingerprint density at radius 1 is 1.00 bits per heavy atom. The number of nitrogens with zero attached hydrogens (tertiary/aromatic N) is 4. The Labute approximate surface area is 172 Å². The van der Waals surface area contributed by atoms with Gasteiger partial charge >= 0.3 is 0 Å². The van der Waals surface area contributed by atoms with E-state index in [2.05, 4.69) is 9.97 Å². The monoisotopic (exact) mass is 414 g/mol. The molecular formula is C22H21F3N4O. The molecule has 0 N–H and O–H groups in total. The van der Waals surface area contributed by atoms with Crippen LogP contribution >= 0.6 is 0 Å². The molecule has 0 bridgehead atoms. The maximum atomic E-state index is 13.8. The van der Waals surface area contributed by atoms with Crippen molar-refractivity contribution in [3.8, 4) is 5.75 Å². The molecule has 2 aromatic carbocycles. The van der Waals surface area contributed by atoms with E-state index in [1.807, 2.05) is 35.2 Å². The molecule has 156 valence electrons. The molecule has 5 nitrogen and oxygen atoms in total. The first-order chi connectivity index (χ1) is 14.5. The predicted octanol–water partition coefficient (Wildman–Crippen LogP) is 4.27. The van der Waals surface area contributed by atoms with Gasteiger partial charge in [0.05, 0.1) is 25.2 Å². The highest BCUT2D eigenvalue weighted by Gasteiger charge is 2.45. The van der Waals surface area contributed by atoms with E-state index < -0.39 is 24.8 Å². The molecule has 1 atom stereocenters. The zero-order chi connectivity index (χ0) is 20.7. The third-order valence-electron chi connectivity index (χ3n) is 5.48. The number of rotatable bonds is 4. The van der Waals surface area contributed by atoms with Crippen LogP contribution in [0.15, 0.2) is 48.5 Å². The third-order valence-corrected chi connectivity index (χ3v) is 5.48. The van der Waals surface area contributed by atoms with Crippen molar-refractivity contribution in [1.29, 1.82) is 0 Å². The first-order valence-corrected chi connectivity index (χ1v) is 10.0. The molecule has 2 aliphatic rings. The van der Waals surface area contributed by atoms with Crippen LogP contribution < -0.4 is 14.5 Å². The van der Waals surface area contributed by atoms with Crippen molar-refractivity contribution in [3.05, 3.63) is 54.3 Å². The van der Waals surface area contributed by atoms with Gasteiger partial charge in [-0.3, -0.25) is 0 Å². The SMILES string of the molecule is Fc1ccc2c(N3CC(F)(F)C3)nc(N3CCCC(Oc4ccccc4)C3)nc2c1. The van der Waals surface area contributed by atoms with Gasteiger partial charge in [-0.2, -0.15) is 4.98 Å². The van der Waals surface area contributed by atoms with Gasteiger partial charge in [-0.25, -0.2) is 18.2 Å². The summed E-state index contributed by atoms with van der Waals surface area (Å²) in [5.74, 6) is -1.51. The molecule has 0 saturated carbocycles. The lowest BCUT2D eigenvalue weighted by Gasteiger charge is -2.40. The number of fused-ring (bicyclic) bond motifs is 1. The normalized spacial score (nSPS) is 20.8. The largest absolute Gasteiger partial charge is 0.489 e. The Balaban J connectivity index is 1.44. The maximum Gasteiger partial charge on any atom is 0.282 e. The summed E-state index contributed by atoms with van der Waals surface area (Å²) in [5.41, 5.74) is 0.413. The van der Waals surface area contributed by atoms with Gasteiger partial charge in [-0.1, -0.05) is 18.2 Å². The summed E-state index contributed by atoms with van der Waals surface area (Å²) in [7, 11) is 0. The second-order valence-electron chi connectivity index (χ2n) is 7.86. The fourth-order valence-electron chi connectivity index (χ4n) is 4.03. The van der Waals surface area contributed by atoms with Crippen molar-refractivity contribution in [2.75, 3.05) is 36.0 Å². The highest BCUT2D eigenvalue weighted by molar-refractivity contribution is 5.91. The fourth-order valence-corrected chi connectivity index (χ4v) is 4.03. The number of aromatic nitrogens is 2. The Morgan fingerprint density at radius 3 is 2.57 bits per heavy atom. The summed E-state index contributed by atoms with van der Waals surface area (Å²) in [5, 5.41) is 0.574. The van der Waals surface area contributed by atoms with Crippen molar-refractivity contribution < 1.29 is 17.9 Å². The van der Waals surface area contributed by atoms with Crippen molar-refractivity contribution in [2.24, 2.45) is 0 Å². The van der Waals surface area contributed by atoms with Gasteiger partial charge < -0.3 is 14.5 Å². The topological polar surface area (TPSA) is 41.5 Å². The average molecular weight is 414 g/mol. The Hall–Kier alpha value is -3.03. The van der Waals surface area contributed by atoms with E-state index in [1.165, 1.54) is 17.0 Å². The van der Waals surface area contributed by atoms with Crippen LogP contribution in [0.4, 0.5) is 24.9 Å². The quantitative estimate of drug-likeness (QED) is 0.638. The Kier molecular flexibility index (Phi) is 4.64. The molecule has 3 aromatic rings. The molecule has 8 heteroatoms. The minimum atomic E-state index is -2.72. The van der Waals surface area contributed by atoms with E-state index in [9.17, 15) is 13.2 Å². The highest BCUT2D eigenvalue weighted by Crippen LogP contribution is 2.36. The van der Waals surface area contributed by atoms with Crippen molar-refractivity contribution in [3.63, 3.8) is 0 Å². The fraction of sp³-hybridized carbons (Fsp3) is 0.364. The second-order valence-corrected chi connectivity index (χ2v) is 7.86. The maximum absolute atomic E-state index is 13.8. The van der Waals surface area contributed by atoms with Crippen molar-refractivity contribution in [1.82, 2.24) is 9.97 Å². The van der Waals surface area contributed by atoms with E-state index in [4.69, 9.17) is 4.74 Å². The average Bonchev–Trinajstić information content (AvgIpc) is 2.72. The second kappa shape index (κ2) is 7.34. The van der Waals surface area contributed by atoms with Crippen LogP contribution in [0.1, 0.15) is 12.8 Å². The van der Waals surface area contributed by atoms with Gasteiger partial charge in [0, 0.05) is 18.0 Å². The van der Waals surface area contributed by atoms with Gasteiger partial charge in [-0.05, 0) is 37.1 Å². The number of para-hydroxylation sites is 1. The van der Waals surface area contributed by atoms with E-state index >= 15 is 0 Å². The lowest BCUT2D eigenvalue weighted by atomic mass is 10.1. The molecule has 0 aliphatic carbocycles. The van der Waals surface area contributed by atoms with Crippen LogP contribution in [0.5, 0.6) is 5.75 Å². The predicted molar refractivity (Wildman–Crippen MR) is 109 cm³/mol. The van der Waals surface area contributed by atoms with Crippen LogP contribution in [0, 0.1) is 5.82 Å². The van der Waals surface area contributed by atoms with Gasteiger partial charge in [0.1, 0.15) is 23.5 Å². The lowest BCUT2D eigenvalue weighted by Crippen LogP contribution is -2.56. The van der Waals surface area contributed by atoms with E-state index in [0.29, 0.717) is 29.2 Å². The lowest BCUT2D eigenvalue weighted by molar-refractivity contribution is -0.0265. The van der Waals surface area contributed by atoms with Crippen LogP contribution in [0.3, 0.4) is 0 Å². The van der Waals surface area contributed by atoms with Gasteiger partial charge in [-0.15, -0.1) is 0 Å². The van der Waals surface area contributed by atoms with Gasteiger partial charge in [0.15, 0.2) is 0 Å². The number of benzene rings is 2. The van der Waals surface area contributed by atoms with Crippen LogP contribution in [-0.2, 0) is 0 Å². The molecule has 5 rings (SSSR count). The molecule has 1 unspecified atom stereocenters. The van der Waals surface area contributed by atoms with Crippen LogP contribution in [-0.4, -0.2) is 48.2 Å². The standard InChI is InChI=1S/C22H21F3N4O/c23-15-8-9-18-19(11-15)26-21(27-20(18)29-13-22(24,25)14-29)28-10-4-7-17(12-28)30-16-5-2-1-3-6-16/h1-3,5-6,8-9,11,17H,4,7,10,12-14H2. The zero-order valence-electron chi connectivity index (χ0n) is 16.3. The molecule has 2 fully saturated rings. The number of halogens is 3. The molecule has 0 radical (unpaired) electrons. The molecule has 0 spiro atoms. The van der Waals surface area contributed by atoms with Gasteiger partial charge in [0.25, 0.3) is 5.92 Å². The number of hydrogen-bond donors (Lipinski definition) is 0. The van der Waals surface area contributed by atoms with E-state index in [-0.39, 0.29) is 6.10 Å². The van der Waals surface area contributed by atoms with Gasteiger partial charge in [0.2, 0.25) is 5.95 Å². The first-order valence-electron chi connectivity index (χ1n) is 10.0. The Morgan fingerprint density at radius 2 is 1.80 bits per heavy atom. The van der Waals surface area contributed by atoms with E-state index in [1.54, 1.807) is 6.07 Å². The molecule has 30 heavy (non-hydrogen) atoms. The van der Waals surface area contributed by atoms with Crippen LogP contribution in [0.2, 0.25) is 0 Å². The molecular weight excluding hydrogens is 393 g/mol. The third kappa shape index (κ3) is 3.74. The molecule has 3 heterocycles. The number of hydrogen-bond acceptors (Lipinski definition) is 5.